The average Bonchev–Trinajstić information content (AvgIpc) is 3.04. The van der Waals surface area contributed by atoms with Gasteiger partial charge in [0.1, 0.15) is 10.6 Å². The van der Waals surface area contributed by atoms with E-state index < -0.39 is 15.6 Å². The molecule has 0 unspecified atom stereocenters. The van der Waals surface area contributed by atoms with Crippen molar-refractivity contribution in [1.82, 2.24) is 19.3 Å². The number of benzene rings is 1. The minimum atomic E-state index is -3.62. The van der Waals surface area contributed by atoms with Crippen LogP contribution < -0.4 is 0 Å². The number of sulfonamides is 1. The molecule has 0 bridgehead atoms. The van der Waals surface area contributed by atoms with Gasteiger partial charge in [0.2, 0.25) is 10.0 Å². The summed E-state index contributed by atoms with van der Waals surface area (Å²) in [4.78, 5) is 0.148. The zero-order valence-corrected chi connectivity index (χ0v) is 16.5. The van der Waals surface area contributed by atoms with Gasteiger partial charge in [0.05, 0.1) is 36.1 Å². The van der Waals surface area contributed by atoms with Crippen LogP contribution >= 0.6 is 11.6 Å². The van der Waals surface area contributed by atoms with Crippen LogP contribution in [0.4, 0.5) is 0 Å². The fourth-order valence-corrected chi connectivity index (χ4v) is 5.61. The van der Waals surface area contributed by atoms with Gasteiger partial charge in [0.25, 0.3) is 0 Å². The van der Waals surface area contributed by atoms with Gasteiger partial charge in [-0.3, -0.25) is 0 Å². The maximum absolute atomic E-state index is 12.9. The van der Waals surface area contributed by atoms with Crippen LogP contribution in [0.5, 0.6) is 0 Å². The van der Waals surface area contributed by atoms with Crippen molar-refractivity contribution in [1.29, 1.82) is 0 Å². The van der Waals surface area contributed by atoms with E-state index in [1.54, 1.807) is 25.3 Å². The molecule has 0 N–H and O–H groups in total. The smallest absolute Gasteiger partial charge is 0.244 e. The molecule has 1 fully saturated rings. The summed E-state index contributed by atoms with van der Waals surface area (Å²) in [7, 11) is -2.00. The molecule has 1 saturated heterocycles. The van der Waals surface area contributed by atoms with Crippen molar-refractivity contribution in [3.05, 3.63) is 40.7 Å². The highest BCUT2D eigenvalue weighted by Crippen LogP contribution is 2.36. The Morgan fingerprint density at radius 2 is 2.04 bits per heavy atom. The van der Waals surface area contributed by atoms with E-state index in [-0.39, 0.29) is 9.92 Å². The number of fused-ring (bicyclic) bond motifs is 1. The summed E-state index contributed by atoms with van der Waals surface area (Å²) in [6, 6.07) is 6.53. The van der Waals surface area contributed by atoms with Crippen LogP contribution in [0.3, 0.4) is 0 Å². The van der Waals surface area contributed by atoms with Gasteiger partial charge >= 0.3 is 0 Å². The topological polar surface area (TPSA) is 86.6 Å². The Morgan fingerprint density at radius 1 is 1.30 bits per heavy atom. The quantitative estimate of drug-likeness (QED) is 0.761. The Kier molecular flexibility index (Phi) is 4.98. The summed E-state index contributed by atoms with van der Waals surface area (Å²) in [6.45, 7) is 2.13. The molecular weight excluding hydrogens is 392 g/mol. The molecule has 0 saturated carbocycles. The number of nitrogens with zero attached hydrogens (tertiary/aromatic N) is 4. The highest BCUT2D eigenvalue weighted by atomic mass is 35.5. The highest BCUT2D eigenvalue weighted by molar-refractivity contribution is 7.89. The monoisotopic (exact) mass is 412 g/mol. The van der Waals surface area contributed by atoms with Crippen LogP contribution in [0, 0.1) is 0 Å². The molecule has 3 heterocycles. The molecule has 1 aromatic heterocycles. The van der Waals surface area contributed by atoms with Gasteiger partial charge in [-0.2, -0.15) is 4.31 Å². The molecular formula is C17H21ClN4O4S. The van der Waals surface area contributed by atoms with E-state index in [0.717, 1.165) is 11.4 Å². The Hall–Kier alpha value is -1.52. The second kappa shape index (κ2) is 7.14. The summed E-state index contributed by atoms with van der Waals surface area (Å²) >= 11 is 6.10. The number of aromatic nitrogens is 3. The first-order chi connectivity index (χ1) is 13.0. The standard InChI is InChI=1S/C17H21ClN4O4S/c1-25-10-14-15-11-26-17(12-22(15)20-19-14)6-8-21(9-7-17)27(23,24)16-5-3-2-4-13(16)18/h2-5H,6-12H2,1H3. The molecule has 0 aliphatic carbocycles. The molecule has 27 heavy (non-hydrogen) atoms. The Labute approximate surface area is 163 Å². The molecule has 2 aromatic rings. The number of ether oxygens (including phenoxy) is 2. The van der Waals surface area contributed by atoms with Crippen LogP contribution in [0.25, 0.3) is 0 Å². The fourth-order valence-electron chi connectivity index (χ4n) is 3.67. The average molecular weight is 413 g/mol. The summed E-state index contributed by atoms with van der Waals surface area (Å²) in [6.07, 6.45) is 1.19. The van der Waals surface area contributed by atoms with Gasteiger partial charge in [-0.1, -0.05) is 28.9 Å². The molecule has 8 nitrogen and oxygen atoms in total. The van der Waals surface area contributed by atoms with Gasteiger partial charge in [-0.25, -0.2) is 13.1 Å². The molecule has 10 heteroatoms. The van der Waals surface area contributed by atoms with Crippen molar-refractivity contribution in [2.75, 3.05) is 20.2 Å². The van der Waals surface area contributed by atoms with E-state index >= 15 is 0 Å². The summed E-state index contributed by atoms with van der Waals surface area (Å²) in [5, 5.41) is 8.61. The SMILES string of the molecule is COCc1nnn2c1COC1(CCN(S(=O)(=O)c3ccccc3Cl)CC1)C2. The van der Waals surface area contributed by atoms with E-state index in [1.807, 2.05) is 4.68 Å². The minimum absolute atomic E-state index is 0.148. The lowest BCUT2D eigenvalue weighted by atomic mass is 9.91. The number of piperidine rings is 1. The van der Waals surface area contributed by atoms with Crippen LogP contribution in [0.1, 0.15) is 24.2 Å². The molecule has 146 valence electrons. The first kappa shape index (κ1) is 18.8. The number of methoxy groups -OCH3 is 1. The van der Waals surface area contributed by atoms with Crippen molar-refractivity contribution in [3.8, 4) is 0 Å². The van der Waals surface area contributed by atoms with Gasteiger partial charge < -0.3 is 9.47 Å². The third kappa shape index (κ3) is 3.38. The summed E-state index contributed by atoms with van der Waals surface area (Å²) in [5.41, 5.74) is 1.29. The Morgan fingerprint density at radius 3 is 2.74 bits per heavy atom. The zero-order chi connectivity index (χ0) is 19.1. The van der Waals surface area contributed by atoms with Gasteiger partial charge in [-0.15, -0.1) is 5.10 Å². The lowest BCUT2D eigenvalue weighted by molar-refractivity contribution is -0.117. The van der Waals surface area contributed by atoms with E-state index in [4.69, 9.17) is 21.1 Å². The summed E-state index contributed by atoms with van der Waals surface area (Å²) < 4.78 is 40.5. The largest absolute Gasteiger partial charge is 0.378 e. The third-order valence-corrected chi connectivity index (χ3v) is 7.64. The first-order valence-corrected chi connectivity index (χ1v) is 10.6. The Bertz CT molecular complexity index is 938. The molecule has 1 aromatic carbocycles. The first-order valence-electron chi connectivity index (χ1n) is 8.74. The lowest BCUT2D eigenvalue weighted by Gasteiger charge is -2.43. The molecule has 0 radical (unpaired) electrons. The number of rotatable bonds is 4. The van der Waals surface area contributed by atoms with Crippen molar-refractivity contribution in [2.24, 2.45) is 0 Å². The van der Waals surface area contributed by atoms with Crippen LogP contribution in [0.15, 0.2) is 29.2 Å². The van der Waals surface area contributed by atoms with Crippen molar-refractivity contribution in [2.45, 2.75) is 43.1 Å². The molecule has 1 spiro atoms. The van der Waals surface area contributed by atoms with Gasteiger partial charge in [-0.05, 0) is 25.0 Å². The maximum Gasteiger partial charge on any atom is 0.244 e. The number of halogens is 1. The lowest BCUT2D eigenvalue weighted by Crippen LogP contribution is -2.52. The molecule has 2 aliphatic rings. The van der Waals surface area contributed by atoms with E-state index in [2.05, 4.69) is 10.3 Å². The van der Waals surface area contributed by atoms with E-state index in [9.17, 15) is 8.42 Å². The number of hydrogen-bond acceptors (Lipinski definition) is 6. The van der Waals surface area contributed by atoms with Gasteiger partial charge in [0, 0.05) is 20.2 Å². The van der Waals surface area contributed by atoms with Crippen molar-refractivity contribution in [3.63, 3.8) is 0 Å². The predicted octanol–water partition coefficient (Wildman–Crippen LogP) is 1.83. The predicted molar refractivity (Wildman–Crippen MR) is 97.7 cm³/mol. The molecule has 0 amide bonds. The highest BCUT2D eigenvalue weighted by Gasteiger charge is 2.43. The normalized spacial score (nSPS) is 19.9. The van der Waals surface area contributed by atoms with E-state index in [0.29, 0.717) is 45.7 Å². The molecule has 2 aliphatic heterocycles. The third-order valence-electron chi connectivity index (χ3n) is 5.24. The second-order valence-corrected chi connectivity index (χ2v) is 9.19. The zero-order valence-electron chi connectivity index (χ0n) is 15.0. The van der Waals surface area contributed by atoms with E-state index in [1.165, 1.54) is 10.4 Å². The van der Waals surface area contributed by atoms with Gasteiger partial charge in [0.15, 0.2) is 0 Å². The van der Waals surface area contributed by atoms with Crippen LogP contribution in [-0.4, -0.2) is 53.5 Å². The van der Waals surface area contributed by atoms with Crippen LogP contribution in [-0.2, 0) is 39.3 Å². The summed E-state index contributed by atoms with van der Waals surface area (Å²) in [5.74, 6) is 0. The van der Waals surface area contributed by atoms with Crippen LogP contribution in [0.2, 0.25) is 5.02 Å². The second-order valence-electron chi connectivity index (χ2n) is 6.88. The minimum Gasteiger partial charge on any atom is -0.378 e. The maximum atomic E-state index is 12.9. The molecule has 0 atom stereocenters. The van der Waals surface area contributed by atoms with Crippen molar-refractivity contribution < 1.29 is 17.9 Å². The number of hydrogen-bond donors (Lipinski definition) is 0. The van der Waals surface area contributed by atoms with Crippen molar-refractivity contribution >= 4 is 21.6 Å². The molecule has 4 rings (SSSR count). The Balaban J connectivity index is 1.48. The fraction of sp³-hybridized carbons (Fsp3) is 0.529.